The molecule has 358 valence electrons. The van der Waals surface area contributed by atoms with Crippen LogP contribution in [0, 0.1) is 5.92 Å². The zero-order chi connectivity index (χ0) is 47.7. The minimum absolute atomic E-state index is 0.0183. The van der Waals surface area contributed by atoms with E-state index < -0.39 is 135 Å². The Morgan fingerprint density at radius 2 is 0.887 bits per heavy atom. The van der Waals surface area contributed by atoms with Crippen LogP contribution in [0.15, 0.2) is 23.8 Å². The number of hydrogen-bond acceptors (Lipinski definition) is 12. The molecule has 0 aromatic rings. The summed E-state index contributed by atoms with van der Waals surface area (Å²) in [5, 5.41) is 0. The molecule has 12 nitrogen and oxygen atoms in total. The Labute approximate surface area is 357 Å². The van der Waals surface area contributed by atoms with Gasteiger partial charge in [-0.2, -0.15) is 35.1 Å². The van der Waals surface area contributed by atoms with Crippen LogP contribution >= 0.6 is 0 Å². The highest BCUT2D eigenvalue weighted by molar-refractivity contribution is 5.88. The van der Waals surface area contributed by atoms with Gasteiger partial charge in [0.05, 0.1) is 5.92 Å². The Hall–Kier alpha value is -4.26. The lowest BCUT2D eigenvalue weighted by atomic mass is 9.93. The first-order valence-corrected chi connectivity index (χ1v) is 20.8. The highest BCUT2D eigenvalue weighted by Gasteiger charge is 2.49. The molecule has 0 rings (SSSR count). The number of carbonyl (C=O) groups excluding carboxylic acids is 6. The molecule has 0 aromatic carbocycles. The summed E-state index contributed by atoms with van der Waals surface area (Å²) in [7, 11) is 0. The maximum Gasteiger partial charge on any atom is 0.377 e. The molecule has 3 atom stereocenters. The first kappa shape index (κ1) is 57.7. The Morgan fingerprint density at radius 3 is 1.31 bits per heavy atom. The minimum Gasteiger partial charge on any atom is -0.458 e. The number of ether oxygens (including phenoxy) is 6. The number of allylic oxidation sites excluding steroid dienone is 1. The van der Waals surface area contributed by atoms with Crippen LogP contribution in [0.4, 0.5) is 35.1 Å². The molecule has 0 amide bonds. The Morgan fingerprint density at radius 1 is 0.500 bits per heavy atom. The van der Waals surface area contributed by atoms with Crippen molar-refractivity contribution in [1.82, 2.24) is 0 Å². The van der Waals surface area contributed by atoms with Crippen LogP contribution in [0.3, 0.4) is 0 Å². The molecule has 62 heavy (non-hydrogen) atoms. The third-order valence-corrected chi connectivity index (χ3v) is 9.04. The van der Waals surface area contributed by atoms with Crippen LogP contribution in [-0.2, 0) is 57.2 Å². The Bertz CT molecular complexity index is 1480. The van der Waals surface area contributed by atoms with Crippen molar-refractivity contribution >= 4 is 35.8 Å². The molecule has 3 unspecified atom stereocenters. The summed E-state index contributed by atoms with van der Waals surface area (Å²) in [5.74, 6) is -29.7. The van der Waals surface area contributed by atoms with Crippen molar-refractivity contribution in [2.75, 3.05) is 26.4 Å². The molecule has 0 bridgehead atoms. The standard InChI is InChI=1S/C42H62F8O12/c1-8-12-15-17-21-39(43,44)35(53)59-26-32(62-37(55)41(47,48)22-18-16-13-9-2)25-58-34(52)29(7)23-30(19-11-4)42(49,50)38(56)60-27-31(24-57-33(51)28(5)6)61-36(54)40(45,46)20-14-10-3/h23,30-32H,5,8-22,24-27H2,1-4,6-7H3/b29-23+. The lowest BCUT2D eigenvalue weighted by Crippen LogP contribution is -2.42. The number of unbranched alkanes of at least 4 members (excludes halogenated alkanes) is 7. The van der Waals surface area contributed by atoms with Gasteiger partial charge in [-0.1, -0.05) is 91.7 Å². The molecule has 0 radical (unpaired) electrons. The van der Waals surface area contributed by atoms with Crippen molar-refractivity contribution in [3.8, 4) is 0 Å². The largest absolute Gasteiger partial charge is 0.458 e. The predicted molar refractivity (Wildman–Crippen MR) is 207 cm³/mol. The summed E-state index contributed by atoms with van der Waals surface area (Å²) in [6.07, 6.45) is -3.18. The van der Waals surface area contributed by atoms with Crippen molar-refractivity contribution in [1.29, 1.82) is 0 Å². The van der Waals surface area contributed by atoms with Gasteiger partial charge in [-0.25, -0.2) is 28.8 Å². The molecule has 0 aliphatic carbocycles. The van der Waals surface area contributed by atoms with Crippen molar-refractivity contribution in [2.45, 2.75) is 174 Å². The summed E-state index contributed by atoms with van der Waals surface area (Å²) in [4.78, 5) is 74.5. The lowest BCUT2D eigenvalue weighted by molar-refractivity contribution is -0.194. The van der Waals surface area contributed by atoms with Crippen molar-refractivity contribution in [3.05, 3.63) is 23.8 Å². The van der Waals surface area contributed by atoms with Crippen LogP contribution in [0.5, 0.6) is 0 Å². The van der Waals surface area contributed by atoms with Gasteiger partial charge in [0.1, 0.15) is 26.4 Å². The van der Waals surface area contributed by atoms with E-state index in [0.29, 0.717) is 38.2 Å². The summed E-state index contributed by atoms with van der Waals surface area (Å²) in [5.41, 5.74) is -0.761. The lowest BCUT2D eigenvalue weighted by Gasteiger charge is -2.25. The quantitative estimate of drug-likeness (QED) is 0.0202. The fourth-order valence-corrected chi connectivity index (χ4v) is 5.27. The molecule has 0 spiro atoms. The molecule has 0 saturated heterocycles. The topological polar surface area (TPSA) is 158 Å². The van der Waals surface area contributed by atoms with Crippen molar-refractivity contribution < 1.29 is 92.3 Å². The SMILES string of the molecule is C=C(C)C(=O)OCC(COC(=O)C(F)(F)C(/C=C(\C)C(=O)OCC(COC(=O)C(F)(F)CCCCCC)OC(=O)C(F)(F)CCCCCC)CCC)OC(=O)C(F)(F)CCCC. The Kier molecular flexibility index (Phi) is 26.5. The zero-order valence-electron chi connectivity index (χ0n) is 36.4. The molecular formula is C42H62F8O12. The average molecular weight is 911 g/mol. The number of alkyl halides is 8. The summed E-state index contributed by atoms with van der Waals surface area (Å²) in [6.45, 7) is 7.51. The molecular weight excluding hydrogens is 848 g/mol. The molecule has 20 heteroatoms. The van der Waals surface area contributed by atoms with Gasteiger partial charge in [0.2, 0.25) is 0 Å². The van der Waals surface area contributed by atoms with E-state index in [1.165, 1.54) is 13.8 Å². The van der Waals surface area contributed by atoms with E-state index in [9.17, 15) is 55.1 Å². The van der Waals surface area contributed by atoms with Gasteiger partial charge in [0.25, 0.3) is 0 Å². The second kappa shape index (κ2) is 28.4. The normalized spacial score (nSPS) is 13.9. The molecule has 0 aliphatic rings. The van der Waals surface area contributed by atoms with E-state index in [1.807, 2.05) is 13.8 Å². The van der Waals surface area contributed by atoms with Crippen LogP contribution < -0.4 is 0 Å². The first-order chi connectivity index (χ1) is 28.8. The average Bonchev–Trinajstić information content (AvgIpc) is 3.21. The fourth-order valence-electron chi connectivity index (χ4n) is 5.27. The van der Waals surface area contributed by atoms with E-state index in [2.05, 4.69) is 20.8 Å². The minimum atomic E-state index is -4.46. The number of carbonyl (C=O) groups is 6. The molecule has 0 heterocycles. The fraction of sp³-hybridized carbons (Fsp3) is 0.762. The predicted octanol–water partition coefficient (Wildman–Crippen LogP) is 9.59. The van der Waals surface area contributed by atoms with Gasteiger partial charge in [-0.05, 0) is 39.5 Å². The molecule has 0 fully saturated rings. The van der Waals surface area contributed by atoms with Crippen LogP contribution in [-0.4, -0.2) is 98.1 Å². The third-order valence-electron chi connectivity index (χ3n) is 9.04. The maximum atomic E-state index is 15.6. The molecule has 0 N–H and O–H groups in total. The number of halogens is 8. The van der Waals surface area contributed by atoms with Crippen LogP contribution in [0.1, 0.15) is 138 Å². The van der Waals surface area contributed by atoms with Crippen molar-refractivity contribution in [2.24, 2.45) is 5.92 Å². The Balaban J connectivity index is 6.15. The molecule has 0 aliphatic heterocycles. The van der Waals surface area contributed by atoms with E-state index >= 15 is 8.78 Å². The van der Waals surface area contributed by atoms with Gasteiger partial charge >= 0.3 is 59.5 Å². The van der Waals surface area contributed by atoms with Crippen molar-refractivity contribution in [3.63, 3.8) is 0 Å². The van der Waals surface area contributed by atoms with E-state index in [4.69, 9.17) is 14.2 Å². The zero-order valence-corrected chi connectivity index (χ0v) is 36.4. The van der Waals surface area contributed by atoms with E-state index in [0.717, 1.165) is 13.3 Å². The van der Waals surface area contributed by atoms with Gasteiger partial charge in [0.15, 0.2) is 12.2 Å². The third kappa shape index (κ3) is 21.7. The van der Waals surface area contributed by atoms with Gasteiger partial charge in [-0.3, -0.25) is 0 Å². The first-order valence-electron chi connectivity index (χ1n) is 20.8. The van der Waals surface area contributed by atoms with Gasteiger partial charge in [-0.15, -0.1) is 0 Å². The summed E-state index contributed by atoms with van der Waals surface area (Å²) in [6, 6.07) is 0. The molecule has 0 aromatic heterocycles. The monoisotopic (exact) mass is 910 g/mol. The summed E-state index contributed by atoms with van der Waals surface area (Å²) >= 11 is 0. The number of rotatable bonds is 33. The van der Waals surface area contributed by atoms with Crippen LogP contribution in [0.25, 0.3) is 0 Å². The smallest absolute Gasteiger partial charge is 0.377 e. The summed E-state index contributed by atoms with van der Waals surface area (Å²) < 4.78 is 146. The second-order valence-corrected chi connectivity index (χ2v) is 14.9. The van der Waals surface area contributed by atoms with Gasteiger partial charge in [0, 0.05) is 30.4 Å². The number of hydrogen-bond donors (Lipinski definition) is 0. The number of esters is 6. The second-order valence-electron chi connectivity index (χ2n) is 14.9. The highest BCUT2D eigenvalue weighted by Crippen LogP contribution is 2.33. The van der Waals surface area contributed by atoms with E-state index in [-0.39, 0.29) is 37.7 Å². The maximum absolute atomic E-state index is 15.6. The molecule has 0 saturated carbocycles. The highest BCUT2D eigenvalue weighted by atomic mass is 19.3. The van der Waals surface area contributed by atoms with Crippen LogP contribution in [0.2, 0.25) is 0 Å². The van der Waals surface area contributed by atoms with E-state index in [1.54, 1.807) is 6.92 Å². The van der Waals surface area contributed by atoms with Gasteiger partial charge < -0.3 is 28.4 Å².